The molecule has 0 radical (unpaired) electrons. The van der Waals surface area contributed by atoms with Crippen LogP contribution in [0.4, 0.5) is 0 Å². The average Bonchev–Trinajstić information content (AvgIpc) is 3.15. The van der Waals surface area contributed by atoms with Crippen LogP contribution in [0.2, 0.25) is 0 Å². The van der Waals surface area contributed by atoms with Crippen LogP contribution in [0.3, 0.4) is 0 Å². The number of rotatable bonds is 5. The molecule has 0 aliphatic carbocycles. The molecule has 0 amide bonds. The van der Waals surface area contributed by atoms with Crippen molar-refractivity contribution in [3.63, 3.8) is 0 Å². The SMILES string of the molecule is CCSc1sc(C(=N)N)cc1-c1nc(-c2ccccc2)cs1.Cl. The van der Waals surface area contributed by atoms with Gasteiger partial charge < -0.3 is 5.73 Å². The smallest absolute Gasteiger partial charge is 0.133 e. The number of aromatic nitrogens is 1. The number of hydrogen-bond donors (Lipinski definition) is 2. The maximum Gasteiger partial charge on any atom is 0.133 e. The van der Waals surface area contributed by atoms with E-state index in [-0.39, 0.29) is 18.2 Å². The maximum atomic E-state index is 7.64. The fourth-order valence-corrected chi connectivity index (χ4v) is 5.20. The van der Waals surface area contributed by atoms with Crippen molar-refractivity contribution in [1.29, 1.82) is 5.41 Å². The van der Waals surface area contributed by atoms with Crippen LogP contribution >= 0.6 is 46.8 Å². The molecule has 0 spiro atoms. The highest BCUT2D eigenvalue weighted by Gasteiger charge is 2.16. The third-order valence-electron chi connectivity index (χ3n) is 3.04. The number of thioether (sulfide) groups is 1. The summed E-state index contributed by atoms with van der Waals surface area (Å²) in [7, 11) is 0. The van der Waals surface area contributed by atoms with Crippen molar-refractivity contribution in [1.82, 2.24) is 4.98 Å². The Hall–Kier alpha value is -1.34. The molecule has 3 aromatic rings. The molecule has 2 heterocycles. The van der Waals surface area contributed by atoms with E-state index < -0.39 is 0 Å². The molecular formula is C16H16ClN3S3. The highest BCUT2D eigenvalue weighted by atomic mass is 35.5. The standard InChI is InChI=1S/C16H15N3S3.ClH/c1-2-20-16-11(8-13(22-16)14(17)18)15-19-12(9-21-15)10-6-4-3-5-7-10;/h3-9H,2H2,1H3,(H3,17,18);1H. The number of nitrogens with one attached hydrogen (secondary N) is 1. The molecule has 0 unspecified atom stereocenters. The van der Waals surface area contributed by atoms with Gasteiger partial charge in [-0.15, -0.1) is 46.8 Å². The van der Waals surface area contributed by atoms with Crippen LogP contribution in [0, 0.1) is 5.41 Å². The second kappa shape index (κ2) is 7.97. The fraction of sp³-hybridized carbons (Fsp3) is 0.125. The minimum Gasteiger partial charge on any atom is -0.383 e. The number of halogens is 1. The molecule has 0 saturated heterocycles. The molecule has 0 atom stereocenters. The number of thiophene rings is 1. The van der Waals surface area contributed by atoms with E-state index in [0.29, 0.717) is 0 Å². The summed E-state index contributed by atoms with van der Waals surface area (Å²) in [6.45, 7) is 2.12. The minimum atomic E-state index is 0. The number of amidine groups is 1. The summed E-state index contributed by atoms with van der Waals surface area (Å²) < 4.78 is 1.18. The van der Waals surface area contributed by atoms with Crippen molar-refractivity contribution in [3.8, 4) is 21.8 Å². The summed E-state index contributed by atoms with van der Waals surface area (Å²) in [6.07, 6.45) is 0. The van der Waals surface area contributed by atoms with Crippen LogP contribution in [-0.2, 0) is 0 Å². The first-order chi connectivity index (χ1) is 10.7. The largest absolute Gasteiger partial charge is 0.383 e. The molecule has 3 nitrogen and oxygen atoms in total. The zero-order chi connectivity index (χ0) is 15.5. The Labute approximate surface area is 153 Å². The van der Waals surface area contributed by atoms with E-state index in [0.717, 1.165) is 32.5 Å². The topological polar surface area (TPSA) is 62.8 Å². The van der Waals surface area contributed by atoms with Crippen LogP contribution in [0.1, 0.15) is 11.8 Å². The van der Waals surface area contributed by atoms with E-state index in [4.69, 9.17) is 16.1 Å². The maximum absolute atomic E-state index is 7.64. The molecule has 7 heteroatoms. The molecular weight excluding hydrogens is 366 g/mol. The lowest BCUT2D eigenvalue weighted by Crippen LogP contribution is -2.08. The molecule has 120 valence electrons. The van der Waals surface area contributed by atoms with Crippen LogP contribution in [0.25, 0.3) is 21.8 Å². The second-order valence-corrected chi connectivity index (χ2v) is 8.01. The highest BCUT2D eigenvalue weighted by Crippen LogP contribution is 2.40. The van der Waals surface area contributed by atoms with E-state index in [1.165, 1.54) is 4.21 Å². The summed E-state index contributed by atoms with van der Waals surface area (Å²) in [5.74, 6) is 1.11. The van der Waals surface area contributed by atoms with Gasteiger partial charge in [0.15, 0.2) is 0 Å². The number of hydrogen-bond acceptors (Lipinski definition) is 5. The van der Waals surface area contributed by atoms with Crippen LogP contribution < -0.4 is 5.73 Å². The lowest BCUT2D eigenvalue weighted by molar-refractivity contribution is 1.39. The Bertz CT molecular complexity index is 796. The first-order valence-electron chi connectivity index (χ1n) is 6.81. The Morgan fingerprint density at radius 3 is 2.70 bits per heavy atom. The minimum absolute atomic E-state index is 0. The zero-order valence-corrected chi connectivity index (χ0v) is 15.7. The van der Waals surface area contributed by atoms with Gasteiger partial charge >= 0.3 is 0 Å². The Morgan fingerprint density at radius 1 is 1.30 bits per heavy atom. The van der Waals surface area contributed by atoms with Crippen molar-refractivity contribution >= 4 is 52.7 Å². The summed E-state index contributed by atoms with van der Waals surface area (Å²) >= 11 is 4.98. The van der Waals surface area contributed by atoms with Crippen molar-refractivity contribution in [3.05, 3.63) is 46.7 Å². The third-order valence-corrected chi connectivity index (χ3v) is 6.26. The van der Waals surface area contributed by atoms with Gasteiger partial charge in [0.05, 0.1) is 14.8 Å². The van der Waals surface area contributed by atoms with Gasteiger partial charge in [0.2, 0.25) is 0 Å². The molecule has 1 aromatic carbocycles. The summed E-state index contributed by atoms with van der Waals surface area (Å²) in [5, 5.41) is 10.7. The molecule has 0 fully saturated rings. The number of thiazole rings is 1. The quantitative estimate of drug-likeness (QED) is 0.355. The first-order valence-corrected chi connectivity index (χ1v) is 9.49. The normalized spacial score (nSPS) is 10.3. The van der Waals surface area contributed by atoms with Crippen molar-refractivity contribution < 1.29 is 0 Å². The Morgan fingerprint density at radius 2 is 2.04 bits per heavy atom. The lowest BCUT2D eigenvalue weighted by Gasteiger charge is -1.98. The highest BCUT2D eigenvalue weighted by molar-refractivity contribution is 8.01. The van der Waals surface area contributed by atoms with Gasteiger partial charge in [-0.25, -0.2) is 4.98 Å². The fourth-order valence-electron chi connectivity index (χ4n) is 2.03. The third kappa shape index (κ3) is 3.95. The summed E-state index contributed by atoms with van der Waals surface area (Å²) in [4.78, 5) is 5.57. The predicted octanol–water partition coefficient (Wildman–Crippen LogP) is 5.36. The van der Waals surface area contributed by atoms with E-state index in [1.807, 2.05) is 24.3 Å². The van der Waals surface area contributed by atoms with Crippen LogP contribution in [-0.4, -0.2) is 16.6 Å². The van der Waals surface area contributed by atoms with E-state index in [2.05, 4.69) is 24.4 Å². The number of nitrogens with zero attached hydrogens (tertiary/aromatic N) is 1. The Balaban J connectivity index is 0.00000192. The van der Waals surface area contributed by atoms with Crippen LogP contribution in [0.15, 0.2) is 46.0 Å². The molecule has 3 N–H and O–H groups in total. The van der Waals surface area contributed by atoms with Crippen LogP contribution in [0.5, 0.6) is 0 Å². The second-order valence-electron chi connectivity index (χ2n) is 4.56. The van der Waals surface area contributed by atoms with E-state index in [1.54, 1.807) is 34.4 Å². The number of benzene rings is 1. The van der Waals surface area contributed by atoms with Gasteiger partial charge in [0.25, 0.3) is 0 Å². The predicted molar refractivity (Wildman–Crippen MR) is 106 cm³/mol. The van der Waals surface area contributed by atoms with E-state index >= 15 is 0 Å². The molecule has 23 heavy (non-hydrogen) atoms. The molecule has 0 aliphatic heterocycles. The van der Waals surface area contributed by atoms with Crippen molar-refractivity contribution in [2.24, 2.45) is 5.73 Å². The molecule has 0 bridgehead atoms. The summed E-state index contributed by atoms with van der Waals surface area (Å²) in [6, 6.07) is 12.2. The van der Waals surface area contributed by atoms with Gasteiger partial charge in [0.1, 0.15) is 10.8 Å². The van der Waals surface area contributed by atoms with Gasteiger partial charge in [-0.3, -0.25) is 5.41 Å². The molecule has 0 aliphatic rings. The van der Waals surface area contributed by atoms with Crippen molar-refractivity contribution in [2.75, 3.05) is 5.75 Å². The first kappa shape index (κ1) is 18.0. The average molecular weight is 382 g/mol. The van der Waals surface area contributed by atoms with Crippen molar-refractivity contribution in [2.45, 2.75) is 11.1 Å². The van der Waals surface area contributed by atoms with Gasteiger partial charge in [0, 0.05) is 16.5 Å². The zero-order valence-electron chi connectivity index (χ0n) is 12.4. The van der Waals surface area contributed by atoms with Gasteiger partial charge in [-0.1, -0.05) is 37.3 Å². The number of nitrogen functional groups attached to an aromatic ring is 1. The van der Waals surface area contributed by atoms with E-state index in [9.17, 15) is 0 Å². The molecule has 3 rings (SSSR count). The molecule has 2 aromatic heterocycles. The van der Waals surface area contributed by atoms with Gasteiger partial charge in [-0.2, -0.15) is 0 Å². The summed E-state index contributed by atoms with van der Waals surface area (Å²) in [5.41, 5.74) is 8.84. The monoisotopic (exact) mass is 381 g/mol. The van der Waals surface area contributed by atoms with Gasteiger partial charge in [-0.05, 0) is 11.8 Å². The number of nitrogens with two attached hydrogens (primary N) is 1. The lowest BCUT2D eigenvalue weighted by atomic mass is 10.2. The Kier molecular flexibility index (Phi) is 6.24. The molecule has 0 saturated carbocycles.